The standard InChI is InChI=1S/C18H22F3N5O2/c1-25-14(5-13(23-25)18(19,20)21)17(28)6-10-3-9(4-11(10)7-17)15-12(8-27)16(22)26(2)24-15/h5,8-11,28H,3-4,6-7,22H2,1-2H3. The van der Waals surface area contributed by atoms with E-state index in [-0.39, 0.29) is 23.4 Å². The molecule has 0 radical (unpaired) electrons. The first kappa shape index (κ1) is 19.0. The summed E-state index contributed by atoms with van der Waals surface area (Å²) in [6, 6.07) is 0.947. The third kappa shape index (κ3) is 2.81. The molecule has 10 heteroatoms. The molecule has 2 unspecified atom stereocenters. The minimum atomic E-state index is -4.55. The molecule has 2 heterocycles. The van der Waals surface area contributed by atoms with Crippen LogP contribution in [0.3, 0.4) is 0 Å². The van der Waals surface area contributed by atoms with Crippen molar-refractivity contribution in [3.8, 4) is 0 Å². The lowest BCUT2D eigenvalue weighted by Crippen LogP contribution is -2.26. The van der Waals surface area contributed by atoms with Crippen LogP contribution in [-0.4, -0.2) is 31.0 Å². The molecule has 28 heavy (non-hydrogen) atoms. The second-order valence-electron chi connectivity index (χ2n) is 8.09. The number of aliphatic hydroxyl groups is 1. The largest absolute Gasteiger partial charge is 0.435 e. The van der Waals surface area contributed by atoms with Gasteiger partial charge in [0, 0.05) is 20.0 Å². The third-order valence-electron chi connectivity index (χ3n) is 6.35. The maximum atomic E-state index is 13.0. The first-order chi connectivity index (χ1) is 13.0. The molecule has 2 fully saturated rings. The molecule has 2 aromatic heterocycles. The number of hydrogen-bond donors (Lipinski definition) is 2. The van der Waals surface area contributed by atoms with E-state index in [1.54, 1.807) is 7.05 Å². The molecule has 2 aliphatic rings. The summed E-state index contributed by atoms with van der Waals surface area (Å²) in [6.45, 7) is 0. The van der Waals surface area contributed by atoms with Gasteiger partial charge in [0.2, 0.25) is 0 Å². The zero-order valence-electron chi connectivity index (χ0n) is 15.6. The predicted molar refractivity (Wildman–Crippen MR) is 93.3 cm³/mol. The van der Waals surface area contributed by atoms with Crippen molar-refractivity contribution in [3.63, 3.8) is 0 Å². The van der Waals surface area contributed by atoms with E-state index in [9.17, 15) is 23.1 Å². The van der Waals surface area contributed by atoms with Crippen molar-refractivity contribution in [1.82, 2.24) is 19.6 Å². The van der Waals surface area contributed by atoms with Gasteiger partial charge >= 0.3 is 6.18 Å². The SMILES string of the molecule is Cn1nc(C(F)(F)F)cc1C1(O)CC2CC(c3nn(C)c(N)c3C=O)CC2C1. The molecule has 3 N–H and O–H groups in total. The van der Waals surface area contributed by atoms with E-state index in [0.717, 1.165) is 17.0 Å². The second kappa shape index (κ2) is 6.07. The summed E-state index contributed by atoms with van der Waals surface area (Å²) in [6.07, 6.45) is -1.66. The molecule has 2 atom stereocenters. The van der Waals surface area contributed by atoms with Gasteiger partial charge in [0.05, 0.1) is 17.0 Å². The normalized spacial score (nSPS) is 30.0. The number of nitrogen functional groups attached to an aromatic ring is 1. The Bertz CT molecular complexity index is 919. The quantitative estimate of drug-likeness (QED) is 0.775. The van der Waals surface area contributed by atoms with Crippen LogP contribution in [-0.2, 0) is 25.9 Å². The van der Waals surface area contributed by atoms with E-state index in [0.29, 0.717) is 42.8 Å². The monoisotopic (exact) mass is 397 g/mol. The molecule has 2 saturated carbocycles. The number of halogens is 3. The van der Waals surface area contributed by atoms with Crippen LogP contribution < -0.4 is 5.73 Å². The van der Waals surface area contributed by atoms with Gasteiger partial charge in [0.25, 0.3) is 0 Å². The number of hydrogen-bond acceptors (Lipinski definition) is 5. The highest BCUT2D eigenvalue weighted by Crippen LogP contribution is 2.57. The zero-order valence-corrected chi connectivity index (χ0v) is 15.6. The molecule has 2 aliphatic carbocycles. The Morgan fingerprint density at radius 2 is 1.82 bits per heavy atom. The van der Waals surface area contributed by atoms with E-state index in [1.807, 2.05) is 0 Å². The van der Waals surface area contributed by atoms with Gasteiger partial charge in [0.1, 0.15) is 11.4 Å². The fourth-order valence-corrected chi connectivity index (χ4v) is 5.13. The summed E-state index contributed by atoms with van der Waals surface area (Å²) < 4.78 is 41.5. The summed E-state index contributed by atoms with van der Waals surface area (Å²) in [5, 5.41) is 19.0. The number of anilines is 1. The lowest BCUT2D eigenvalue weighted by atomic mass is 9.89. The van der Waals surface area contributed by atoms with Crippen LogP contribution in [0.5, 0.6) is 0 Å². The third-order valence-corrected chi connectivity index (χ3v) is 6.35. The average Bonchev–Trinajstić information content (AvgIpc) is 3.29. The molecule has 4 rings (SSSR count). The maximum absolute atomic E-state index is 13.0. The molecule has 0 aromatic carbocycles. The van der Waals surface area contributed by atoms with Gasteiger partial charge < -0.3 is 10.8 Å². The van der Waals surface area contributed by atoms with E-state index >= 15 is 0 Å². The first-order valence-electron chi connectivity index (χ1n) is 9.15. The van der Waals surface area contributed by atoms with Gasteiger partial charge in [-0.05, 0) is 43.6 Å². The molecule has 2 aromatic rings. The highest BCUT2D eigenvalue weighted by molar-refractivity contribution is 5.83. The smallest absolute Gasteiger partial charge is 0.384 e. The summed E-state index contributed by atoms with van der Waals surface area (Å²) in [7, 11) is 3.10. The Balaban J connectivity index is 1.55. The molecule has 152 valence electrons. The molecule has 0 spiro atoms. The van der Waals surface area contributed by atoms with Gasteiger partial charge in [-0.1, -0.05) is 0 Å². The molecular weight excluding hydrogens is 375 g/mol. The zero-order chi connectivity index (χ0) is 20.4. The van der Waals surface area contributed by atoms with Crippen molar-refractivity contribution in [2.75, 3.05) is 5.73 Å². The minimum Gasteiger partial charge on any atom is -0.384 e. The minimum absolute atomic E-state index is 0.0560. The predicted octanol–water partition coefficient (Wildman–Crippen LogP) is 2.36. The molecular formula is C18H22F3N5O2. The van der Waals surface area contributed by atoms with Crippen molar-refractivity contribution in [3.05, 3.63) is 28.7 Å². The number of aldehydes is 1. The van der Waals surface area contributed by atoms with Gasteiger partial charge in [-0.2, -0.15) is 23.4 Å². The van der Waals surface area contributed by atoms with Crippen LogP contribution in [0.4, 0.5) is 19.0 Å². The van der Waals surface area contributed by atoms with Gasteiger partial charge in [-0.25, -0.2) is 0 Å². The van der Waals surface area contributed by atoms with Crippen molar-refractivity contribution < 1.29 is 23.1 Å². The van der Waals surface area contributed by atoms with Crippen molar-refractivity contribution in [2.45, 2.75) is 43.4 Å². The van der Waals surface area contributed by atoms with Crippen LogP contribution in [0.25, 0.3) is 0 Å². The topological polar surface area (TPSA) is 99.0 Å². The number of nitrogens with zero attached hydrogens (tertiary/aromatic N) is 4. The summed E-state index contributed by atoms with van der Waals surface area (Å²) in [4.78, 5) is 11.4. The van der Waals surface area contributed by atoms with Crippen LogP contribution >= 0.6 is 0 Å². The van der Waals surface area contributed by atoms with Crippen LogP contribution in [0.1, 0.15) is 59.0 Å². The van der Waals surface area contributed by atoms with E-state index in [4.69, 9.17) is 5.73 Å². The van der Waals surface area contributed by atoms with E-state index in [1.165, 1.54) is 11.7 Å². The molecule has 0 saturated heterocycles. The van der Waals surface area contributed by atoms with Crippen LogP contribution in [0.15, 0.2) is 6.07 Å². The Morgan fingerprint density at radius 3 is 2.32 bits per heavy atom. The Kier molecular flexibility index (Phi) is 4.11. The number of alkyl halides is 3. The van der Waals surface area contributed by atoms with Crippen molar-refractivity contribution >= 4 is 12.1 Å². The maximum Gasteiger partial charge on any atom is 0.435 e. The molecule has 0 aliphatic heterocycles. The van der Waals surface area contributed by atoms with Gasteiger partial charge in [0.15, 0.2) is 12.0 Å². The first-order valence-corrected chi connectivity index (χ1v) is 9.15. The van der Waals surface area contributed by atoms with E-state index in [2.05, 4.69) is 10.2 Å². The Labute approximate surface area is 159 Å². The fraction of sp³-hybridized carbons (Fsp3) is 0.611. The number of carbonyl (C=O) groups excluding carboxylic acids is 1. The van der Waals surface area contributed by atoms with Gasteiger partial charge in [-0.3, -0.25) is 14.2 Å². The highest BCUT2D eigenvalue weighted by Gasteiger charge is 2.52. The fourth-order valence-electron chi connectivity index (χ4n) is 5.13. The number of nitrogens with two attached hydrogens (primary N) is 1. The lowest BCUT2D eigenvalue weighted by Gasteiger charge is -2.24. The van der Waals surface area contributed by atoms with E-state index < -0.39 is 17.5 Å². The Morgan fingerprint density at radius 1 is 1.21 bits per heavy atom. The average molecular weight is 397 g/mol. The highest BCUT2D eigenvalue weighted by atomic mass is 19.4. The molecule has 7 nitrogen and oxygen atoms in total. The number of rotatable bonds is 3. The van der Waals surface area contributed by atoms with Crippen molar-refractivity contribution in [1.29, 1.82) is 0 Å². The summed E-state index contributed by atoms with van der Waals surface area (Å²) in [5.41, 5.74) is 4.85. The molecule has 0 bridgehead atoms. The summed E-state index contributed by atoms with van der Waals surface area (Å²) >= 11 is 0. The number of carbonyl (C=O) groups is 1. The van der Waals surface area contributed by atoms with Gasteiger partial charge in [-0.15, -0.1) is 0 Å². The van der Waals surface area contributed by atoms with Crippen molar-refractivity contribution in [2.24, 2.45) is 25.9 Å². The number of aromatic nitrogens is 4. The second-order valence-corrected chi connectivity index (χ2v) is 8.09. The number of aryl methyl sites for hydroxylation is 2. The van der Waals surface area contributed by atoms with Crippen LogP contribution in [0, 0.1) is 11.8 Å². The Hall–Kier alpha value is -2.36. The molecule has 0 amide bonds. The number of fused-ring (bicyclic) bond motifs is 1. The summed E-state index contributed by atoms with van der Waals surface area (Å²) in [5.74, 6) is 0.664. The van der Waals surface area contributed by atoms with Crippen LogP contribution in [0.2, 0.25) is 0 Å². The lowest BCUT2D eigenvalue weighted by molar-refractivity contribution is -0.141.